The second kappa shape index (κ2) is 5.33. The fourth-order valence-corrected chi connectivity index (χ4v) is 2.01. The molecule has 1 aliphatic rings. The molecular formula is C10H18F3NO2. The molecule has 0 amide bonds. The number of hydrogen-bond acceptors (Lipinski definition) is 3. The van der Waals surface area contributed by atoms with Crippen molar-refractivity contribution in [1.82, 2.24) is 4.90 Å². The molecule has 1 heterocycles. The highest BCUT2D eigenvalue weighted by Gasteiger charge is 2.40. The van der Waals surface area contributed by atoms with Crippen LogP contribution in [0, 0.1) is 5.92 Å². The van der Waals surface area contributed by atoms with E-state index < -0.39 is 24.9 Å². The minimum Gasteiger partial charge on any atom is -0.393 e. The van der Waals surface area contributed by atoms with Gasteiger partial charge >= 0.3 is 6.18 Å². The van der Waals surface area contributed by atoms with E-state index >= 15 is 0 Å². The standard InChI is InChI=1S/C10H18F3NO2/c1-2-7-5-14(4-3-8(7)15)6-9(16)10(11,12)13/h7-9,15-16H,2-6H2,1H3. The molecule has 1 aliphatic heterocycles. The van der Waals surface area contributed by atoms with Crippen molar-refractivity contribution in [2.45, 2.75) is 38.1 Å². The molecule has 3 unspecified atom stereocenters. The molecule has 1 fully saturated rings. The third-order valence-electron chi connectivity index (χ3n) is 3.11. The molecule has 2 N–H and O–H groups in total. The van der Waals surface area contributed by atoms with Crippen molar-refractivity contribution in [2.24, 2.45) is 5.92 Å². The lowest BCUT2D eigenvalue weighted by Gasteiger charge is -2.36. The highest BCUT2D eigenvalue weighted by molar-refractivity contribution is 4.81. The Labute approximate surface area is 92.9 Å². The lowest BCUT2D eigenvalue weighted by molar-refractivity contribution is -0.209. The summed E-state index contributed by atoms with van der Waals surface area (Å²) in [6, 6.07) is 0. The van der Waals surface area contributed by atoms with Gasteiger partial charge in [0, 0.05) is 19.6 Å². The Hall–Kier alpha value is -0.330. The lowest BCUT2D eigenvalue weighted by Crippen LogP contribution is -2.48. The predicted octanol–water partition coefficient (Wildman–Crippen LogP) is 1.00. The van der Waals surface area contributed by atoms with Crippen molar-refractivity contribution >= 4 is 0 Å². The third-order valence-corrected chi connectivity index (χ3v) is 3.11. The van der Waals surface area contributed by atoms with E-state index in [4.69, 9.17) is 5.11 Å². The van der Waals surface area contributed by atoms with Gasteiger partial charge in [0.15, 0.2) is 6.10 Å². The minimum atomic E-state index is -4.56. The Morgan fingerprint density at radius 1 is 1.44 bits per heavy atom. The van der Waals surface area contributed by atoms with Crippen LogP contribution >= 0.6 is 0 Å². The topological polar surface area (TPSA) is 43.7 Å². The van der Waals surface area contributed by atoms with E-state index in [2.05, 4.69) is 0 Å². The van der Waals surface area contributed by atoms with Gasteiger partial charge in [-0.3, -0.25) is 4.90 Å². The van der Waals surface area contributed by atoms with Crippen LogP contribution in [-0.2, 0) is 0 Å². The summed E-state index contributed by atoms with van der Waals surface area (Å²) in [5.41, 5.74) is 0. The van der Waals surface area contributed by atoms with E-state index in [1.807, 2.05) is 6.92 Å². The number of piperidine rings is 1. The molecule has 3 atom stereocenters. The van der Waals surface area contributed by atoms with Gasteiger partial charge in [0.25, 0.3) is 0 Å². The Kier molecular flexibility index (Phi) is 4.58. The largest absolute Gasteiger partial charge is 0.415 e. The van der Waals surface area contributed by atoms with Gasteiger partial charge in [0.1, 0.15) is 0 Å². The van der Waals surface area contributed by atoms with E-state index in [0.717, 1.165) is 6.42 Å². The quantitative estimate of drug-likeness (QED) is 0.774. The first-order valence-corrected chi connectivity index (χ1v) is 5.49. The molecule has 0 bridgehead atoms. The van der Waals surface area contributed by atoms with Crippen molar-refractivity contribution < 1.29 is 23.4 Å². The number of hydrogen-bond donors (Lipinski definition) is 2. The van der Waals surface area contributed by atoms with E-state index in [1.54, 1.807) is 4.90 Å². The molecular weight excluding hydrogens is 223 g/mol. The number of alkyl halides is 3. The van der Waals surface area contributed by atoms with Crippen molar-refractivity contribution in [1.29, 1.82) is 0 Å². The lowest BCUT2D eigenvalue weighted by atomic mass is 9.92. The molecule has 1 rings (SSSR count). The fraction of sp³-hybridized carbons (Fsp3) is 1.00. The van der Waals surface area contributed by atoms with Crippen LogP contribution in [0.4, 0.5) is 13.2 Å². The Bertz CT molecular complexity index is 223. The van der Waals surface area contributed by atoms with Crippen LogP contribution in [-0.4, -0.2) is 53.1 Å². The van der Waals surface area contributed by atoms with Gasteiger partial charge in [-0.05, 0) is 18.8 Å². The average Bonchev–Trinajstić information content (AvgIpc) is 2.19. The van der Waals surface area contributed by atoms with Crippen LogP contribution in [0.2, 0.25) is 0 Å². The molecule has 0 spiro atoms. The smallest absolute Gasteiger partial charge is 0.393 e. The van der Waals surface area contributed by atoms with Crippen molar-refractivity contribution in [3.8, 4) is 0 Å². The van der Waals surface area contributed by atoms with Crippen molar-refractivity contribution in [3.63, 3.8) is 0 Å². The third kappa shape index (κ3) is 3.61. The molecule has 0 saturated carbocycles. The maximum atomic E-state index is 12.1. The number of halogens is 3. The summed E-state index contributed by atoms with van der Waals surface area (Å²) in [6.07, 6.45) is -6.06. The molecule has 0 aromatic heterocycles. The summed E-state index contributed by atoms with van der Waals surface area (Å²) >= 11 is 0. The average molecular weight is 241 g/mol. The fourth-order valence-electron chi connectivity index (χ4n) is 2.01. The predicted molar refractivity (Wildman–Crippen MR) is 52.9 cm³/mol. The first-order valence-electron chi connectivity index (χ1n) is 5.49. The molecule has 0 aromatic rings. The van der Waals surface area contributed by atoms with Crippen LogP contribution in [0.3, 0.4) is 0 Å². The van der Waals surface area contributed by atoms with Gasteiger partial charge in [0.2, 0.25) is 0 Å². The molecule has 0 radical (unpaired) electrons. The molecule has 0 aliphatic carbocycles. The number of likely N-dealkylation sites (tertiary alicyclic amines) is 1. The number of rotatable bonds is 3. The maximum Gasteiger partial charge on any atom is 0.415 e. The second-order valence-electron chi connectivity index (χ2n) is 4.34. The van der Waals surface area contributed by atoms with E-state index in [1.165, 1.54) is 0 Å². The summed E-state index contributed by atoms with van der Waals surface area (Å²) < 4.78 is 36.4. The number of aliphatic hydroxyl groups is 2. The second-order valence-corrected chi connectivity index (χ2v) is 4.34. The van der Waals surface area contributed by atoms with Gasteiger partial charge in [-0.15, -0.1) is 0 Å². The Morgan fingerprint density at radius 2 is 2.06 bits per heavy atom. The number of nitrogens with zero attached hydrogens (tertiary/aromatic N) is 1. The highest BCUT2D eigenvalue weighted by Crippen LogP contribution is 2.24. The van der Waals surface area contributed by atoms with Crippen LogP contribution in [0.15, 0.2) is 0 Å². The zero-order valence-corrected chi connectivity index (χ0v) is 9.24. The Balaban J connectivity index is 2.44. The molecule has 6 heteroatoms. The van der Waals surface area contributed by atoms with Crippen LogP contribution in [0.5, 0.6) is 0 Å². The molecule has 96 valence electrons. The molecule has 3 nitrogen and oxygen atoms in total. The first-order chi connectivity index (χ1) is 7.34. The minimum absolute atomic E-state index is 0.00850. The summed E-state index contributed by atoms with van der Waals surface area (Å²) in [5, 5.41) is 18.5. The van der Waals surface area contributed by atoms with Gasteiger partial charge < -0.3 is 10.2 Å². The maximum absolute atomic E-state index is 12.1. The van der Waals surface area contributed by atoms with Gasteiger partial charge in [-0.1, -0.05) is 6.92 Å². The Morgan fingerprint density at radius 3 is 2.56 bits per heavy atom. The van der Waals surface area contributed by atoms with E-state index in [0.29, 0.717) is 19.5 Å². The van der Waals surface area contributed by atoms with Crippen molar-refractivity contribution in [2.75, 3.05) is 19.6 Å². The summed E-state index contributed by atoms with van der Waals surface area (Å²) in [4.78, 5) is 1.57. The van der Waals surface area contributed by atoms with Gasteiger partial charge in [0.05, 0.1) is 6.10 Å². The summed E-state index contributed by atoms with van der Waals surface area (Å²) in [5.74, 6) is 0.00850. The molecule has 0 aromatic carbocycles. The SMILES string of the molecule is CCC1CN(CC(O)C(F)(F)F)CCC1O. The summed E-state index contributed by atoms with van der Waals surface area (Å²) in [6.45, 7) is 2.33. The zero-order valence-electron chi connectivity index (χ0n) is 9.24. The van der Waals surface area contributed by atoms with Crippen LogP contribution < -0.4 is 0 Å². The highest BCUT2D eigenvalue weighted by atomic mass is 19.4. The van der Waals surface area contributed by atoms with Crippen LogP contribution in [0.25, 0.3) is 0 Å². The van der Waals surface area contributed by atoms with E-state index in [-0.39, 0.29) is 5.92 Å². The number of aliphatic hydroxyl groups excluding tert-OH is 2. The monoisotopic (exact) mass is 241 g/mol. The first kappa shape index (κ1) is 13.7. The molecule has 16 heavy (non-hydrogen) atoms. The molecule has 1 saturated heterocycles. The number of β-amino-alcohol motifs (C(OH)–C–C–N with tert-alkyl or cyclic N) is 1. The van der Waals surface area contributed by atoms with E-state index in [9.17, 15) is 18.3 Å². The normalized spacial score (nSPS) is 30.4. The zero-order chi connectivity index (χ0) is 12.3. The van der Waals surface area contributed by atoms with Crippen molar-refractivity contribution in [3.05, 3.63) is 0 Å². The van der Waals surface area contributed by atoms with Gasteiger partial charge in [-0.2, -0.15) is 13.2 Å². The van der Waals surface area contributed by atoms with Crippen LogP contribution in [0.1, 0.15) is 19.8 Å². The summed E-state index contributed by atoms with van der Waals surface area (Å²) in [7, 11) is 0. The van der Waals surface area contributed by atoms with Gasteiger partial charge in [-0.25, -0.2) is 0 Å².